The predicted molar refractivity (Wildman–Crippen MR) is 114 cm³/mol. The largest absolute Gasteiger partial charge is 0.492 e. The first-order valence-electron chi connectivity index (χ1n) is 10.9. The molecule has 0 amide bonds. The molecule has 2 atom stereocenters. The number of hydrogen-bond donors (Lipinski definition) is 1. The van der Waals surface area contributed by atoms with Gasteiger partial charge in [0.25, 0.3) is 0 Å². The van der Waals surface area contributed by atoms with E-state index in [1.54, 1.807) is 0 Å². The standard InChI is InChI=1S/C25H31NO3/c27-25(28)17-19-6-8-23(9-7-19)29-15-14-26-12-10-20(11-13-26)16-22-18-24(22)21-4-2-1-3-5-21/h1-9,20,22,24H,10-18H2,(H,27,28)/t22-,24+/m1/s1. The Hall–Kier alpha value is -2.33. The van der Waals surface area contributed by atoms with Gasteiger partial charge in [-0.05, 0) is 79.8 Å². The second-order valence-electron chi connectivity index (χ2n) is 8.60. The van der Waals surface area contributed by atoms with Crippen molar-refractivity contribution in [1.82, 2.24) is 4.90 Å². The van der Waals surface area contributed by atoms with Gasteiger partial charge in [-0.3, -0.25) is 9.69 Å². The summed E-state index contributed by atoms with van der Waals surface area (Å²) < 4.78 is 5.84. The van der Waals surface area contributed by atoms with Crippen molar-refractivity contribution in [3.05, 3.63) is 65.7 Å². The SMILES string of the molecule is O=C(O)Cc1ccc(OCCN2CCC(C[C@@H]3C[C@H]3c3ccccc3)CC2)cc1. The predicted octanol–water partition coefficient (Wildman–Crippen LogP) is 4.60. The first kappa shape index (κ1) is 20.0. The average molecular weight is 394 g/mol. The highest BCUT2D eigenvalue weighted by Gasteiger charge is 2.39. The number of carboxylic acid groups (broad SMARTS) is 1. The molecule has 0 bridgehead atoms. The zero-order valence-electron chi connectivity index (χ0n) is 17.0. The first-order chi connectivity index (χ1) is 14.2. The molecule has 2 aromatic rings. The summed E-state index contributed by atoms with van der Waals surface area (Å²) in [5.41, 5.74) is 2.33. The molecular formula is C25H31NO3. The Morgan fingerprint density at radius 3 is 2.45 bits per heavy atom. The van der Waals surface area contributed by atoms with Crippen molar-refractivity contribution in [2.75, 3.05) is 26.2 Å². The van der Waals surface area contributed by atoms with Crippen molar-refractivity contribution >= 4 is 5.97 Å². The lowest BCUT2D eigenvalue weighted by Gasteiger charge is -2.32. The van der Waals surface area contributed by atoms with Crippen molar-refractivity contribution in [1.29, 1.82) is 0 Å². The van der Waals surface area contributed by atoms with Crippen LogP contribution in [-0.2, 0) is 11.2 Å². The van der Waals surface area contributed by atoms with Gasteiger partial charge in [-0.25, -0.2) is 0 Å². The molecule has 4 nitrogen and oxygen atoms in total. The van der Waals surface area contributed by atoms with E-state index in [0.717, 1.165) is 35.6 Å². The van der Waals surface area contributed by atoms with Crippen LogP contribution in [0.5, 0.6) is 5.75 Å². The minimum atomic E-state index is -0.806. The van der Waals surface area contributed by atoms with Crippen LogP contribution in [0.25, 0.3) is 0 Å². The lowest BCUT2D eigenvalue weighted by atomic mass is 9.90. The van der Waals surface area contributed by atoms with Crippen LogP contribution in [0.15, 0.2) is 54.6 Å². The molecule has 2 aliphatic rings. The zero-order valence-corrected chi connectivity index (χ0v) is 17.0. The van der Waals surface area contributed by atoms with E-state index in [2.05, 4.69) is 35.2 Å². The molecule has 1 heterocycles. The monoisotopic (exact) mass is 393 g/mol. The first-order valence-corrected chi connectivity index (χ1v) is 10.9. The minimum Gasteiger partial charge on any atom is -0.492 e. The summed E-state index contributed by atoms with van der Waals surface area (Å²) in [5.74, 6) is 2.60. The third kappa shape index (κ3) is 5.83. The molecule has 1 saturated carbocycles. The van der Waals surface area contributed by atoms with Gasteiger partial charge >= 0.3 is 5.97 Å². The van der Waals surface area contributed by atoms with Crippen LogP contribution in [0.4, 0.5) is 0 Å². The number of rotatable bonds is 9. The normalized spacial score (nSPS) is 22.3. The zero-order chi connectivity index (χ0) is 20.1. The number of carboxylic acids is 1. The van der Waals surface area contributed by atoms with Crippen molar-refractivity contribution in [3.8, 4) is 5.75 Å². The topological polar surface area (TPSA) is 49.8 Å². The quantitative estimate of drug-likeness (QED) is 0.677. The lowest BCUT2D eigenvalue weighted by molar-refractivity contribution is -0.136. The number of piperidine rings is 1. The summed E-state index contributed by atoms with van der Waals surface area (Å²) in [6.45, 7) is 3.99. The van der Waals surface area contributed by atoms with E-state index in [9.17, 15) is 4.79 Å². The number of benzene rings is 2. The minimum absolute atomic E-state index is 0.0577. The van der Waals surface area contributed by atoms with Gasteiger partial charge in [0, 0.05) is 6.54 Å². The van der Waals surface area contributed by atoms with Gasteiger partial charge in [-0.15, -0.1) is 0 Å². The Balaban J connectivity index is 1.12. The fraction of sp³-hybridized carbons (Fsp3) is 0.480. The van der Waals surface area contributed by atoms with Crippen LogP contribution < -0.4 is 4.74 Å². The Morgan fingerprint density at radius 2 is 1.76 bits per heavy atom. The lowest BCUT2D eigenvalue weighted by Crippen LogP contribution is -2.36. The molecule has 29 heavy (non-hydrogen) atoms. The van der Waals surface area contributed by atoms with Gasteiger partial charge in [0.2, 0.25) is 0 Å². The number of carbonyl (C=O) groups is 1. The number of hydrogen-bond acceptors (Lipinski definition) is 3. The van der Waals surface area contributed by atoms with E-state index < -0.39 is 5.97 Å². The average Bonchev–Trinajstić information content (AvgIpc) is 3.50. The van der Waals surface area contributed by atoms with E-state index in [0.29, 0.717) is 6.61 Å². The van der Waals surface area contributed by atoms with Gasteiger partial charge in [0.05, 0.1) is 6.42 Å². The molecule has 0 radical (unpaired) electrons. The molecule has 1 aliphatic carbocycles. The van der Waals surface area contributed by atoms with Gasteiger partial charge in [0.15, 0.2) is 0 Å². The third-order valence-corrected chi connectivity index (χ3v) is 6.45. The summed E-state index contributed by atoms with van der Waals surface area (Å²) in [5, 5.41) is 8.82. The molecule has 0 unspecified atom stereocenters. The summed E-state index contributed by atoms with van der Waals surface area (Å²) in [7, 11) is 0. The highest BCUT2D eigenvalue weighted by atomic mass is 16.5. The Bertz CT molecular complexity index is 781. The molecule has 0 aromatic heterocycles. The maximum atomic E-state index is 10.7. The van der Waals surface area contributed by atoms with Crippen molar-refractivity contribution in [3.63, 3.8) is 0 Å². The summed E-state index contributed by atoms with van der Waals surface area (Å²) >= 11 is 0. The van der Waals surface area contributed by atoms with Crippen molar-refractivity contribution in [2.45, 2.75) is 38.0 Å². The van der Waals surface area contributed by atoms with Crippen LogP contribution in [-0.4, -0.2) is 42.2 Å². The van der Waals surface area contributed by atoms with E-state index in [-0.39, 0.29) is 6.42 Å². The Morgan fingerprint density at radius 1 is 1.03 bits per heavy atom. The third-order valence-electron chi connectivity index (χ3n) is 6.45. The smallest absolute Gasteiger partial charge is 0.307 e. The van der Waals surface area contributed by atoms with Crippen LogP contribution >= 0.6 is 0 Å². The maximum Gasteiger partial charge on any atom is 0.307 e. The number of ether oxygens (including phenoxy) is 1. The van der Waals surface area contributed by atoms with E-state index in [1.165, 1.54) is 44.3 Å². The van der Waals surface area contributed by atoms with Crippen LogP contribution in [0.1, 0.15) is 42.7 Å². The summed E-state index contributed by atoms with van der Waals surface area (Å²) in [6, 6.07) is 18.4. The van der Waals surface area contributed by atoms with Crippen LogP contribution in [0.2, 0.25) is 0 Å². The molecule has 2 aromatic carbocycles. The van der Waals surface area contributed by atoms with Gasteiger partial charge in [-0.1, -0.05) is 42.5 Å². The maximum absolute atomic E-state index is 10.7. The van der Waals surface area contributed by atoms with Crippen molar-refractivity contribution in [2.24, 2.45) is 11.8 Å². The number of likely N-dealkylation sites (tertiary alicyclic amines) is 1. The molecule has 4 rings (SSSR count). The second-order valence-corrected chi connectivity index (χ2v) is 8.60. The highest BCUT2D eigenvalue weighted by molar-refractivity contribution is 5.70. The van der Waals surface area contributed by atoms with Crippen molar-refractivity contribution < 1.29 is 14.6 Å². The van der Waals surface area contributed by atoms with Crippen LogP contribution in [0, 0.1) is 11.8 Å². The van der Waals surface area contributed by atoms with Gasteiger partial charge in [0.1, 0.15) is 12.4 Å². The van der Waals surface area contributed by atoms with Gasteiger partial charge < -0.3 is 9.84 Å². The van der Waals surface area contributed by atoms with E-state index in [1.807, 2.05) is 24.3 Å². The molecule has 2 fully saturated rings. The molecule has 4 heteroatoms. The molecule has 1 aliphatic heterocycles. The fourth-order valence-corrected chi connectivity index (χ4v) is 4.66. The van der Waals surface area contributed by atoms with E-state index in [4.69, 9.17) is 9.84 Å². The van der Waals surface area contributed by atoms with Crippen LogP contribution in [0.3, 0.4) is 0 Å². The van der Waals surface area contributed by atoms with Gasteiger partial charge in [-0.2, -0.15) is 0 Å². The summed E-state index contributed by atoms with van der Waals surface area (Å²) in [4.78, 5) is 13.2. The Labute approximate surface area is 173 Å². The fourth-order valence-electron chi connectivity index (χ4n) is 4.66. The molecule has 0 spiro atoms. The number of nitrogens with zero attached hydrogens (tertiary/aromatic N) is 1. The molecule has 1 N–H and O–H groups in total. The second kappa shape index (κ2) is 9.45. The highest BCUT2D eigenvalue weighted by Crippen LogP contribution is 2.51. The molecular weight excluding hydrogens is 362 g/mol. The number of aliphatic carboxylic acids is 1. The Kier molecular flexibility index (Phi) is 6.50. The molecule has 154 valence electrons. The summed E-state index contributed by atoms with van der Waals surface area (Å²) in [6.07, 6.45) is 5.45. The molecule has 1 saturated heterocycles. The van der Waals surface area contributed by atoms with E-state index >= 15 is 0 Å².